The number of amides is 3. The molecule has 0 saturated carbocycles. The lowest BCUT2D eigenvalue weighted by Crippen LogP contribution is -2.47. The van der Waals surface area contributed by atoms with E-state index in [1.165, 1.54) is 7.11 Å². The highest BCUT2D eigenvalue weighted by Crippen LogP contribution is 2.25. The number of ether oxygens (including phenoxy) is 2. The summed E-state index contributed by atoms with van der Waals surface area (Å²) in [5.41, 5.74) is 5.76. The van der Waals surface area contributed by atoms with Crippen molar-refractivity contribution < 1.29 is 23.9 Å². The zero-order valence-corrected chi connectivity index (χ0v) is 15.1. The minimum atomic E-state index is -1.17. The Morgan fingerprint density at radius 2 is 1.88 bits per heavy atom. The molecule has 1 rings (SSSR count). The number of rotatable bonds is 6. The first-order valence-corrected chi connectivity index (χ1v) is 7.75. The number of nitrogens with two attached hydrogens (primary N) is 1. The lowest BCUT2D eigenvalue weighted by atomic mass is 10.1. The number of methoxy groups -OCH3 is 1. The van der Waals surface area contributed by atoms with Crippen LogP contribution in [0.25, 0.3) is 0 Å². The van der Waals surface area contributed by atoms with Gasteiger partial charge in [0.15, 0.2) is 0 Å². The van der Waals surface area contributed by atoms with Crippen LogP contribution in [0.1, 0.15) is 32.8 Å². The summed E-state index contributed by atoms with van der Waals surface area (Å²) >= 11 is 0. The zero-order chi connectivity index (χ0) is 19.2. The van der Waals surface area contributed by atoms with Crippen LogP contribution in [0.2, 0.25) is 0 Å². The second kappa shape index (κ2) is 8.36. The molecule has 3 amide bonds. The molecule has 0 aromatic heterocycles. The molecule has 4 N–H and O–H groups in total. The second-order valence-electron chi connectivity index (χ2n) is 6.56. The molecule has 25 heavy (non-hydrogen) atoms. The first-order chi connectivity index (χ1) is 11.5. The van der Waals surface area contributed by atoms with Gasteiger partial charge in [-0.3, -0.25) is 9.59 Å². The quantitative estimate of drug-likeness (QED) is 0.721. The third-order valence-electron chi connectivity index (χ3n) is 3.03. The Morgan fingerprint density at radius 1 is 1.24 bits per heavy atom. The molecule has 0 aliphatic heterocycles. The van der Waals surface area contributed by atoms with Crippen molar-refractivity contribution in [2.24, 2.45) is 5.73 Å². The fraction of sp³-hybridized carbons (Fsp3) is 0.471. The van der Waals surface area contributed by atoms with Crippen molar-refractivity contribution in [3.05, 3.63) is 23.8 Å². The first kappa shape index (κ1) is 20.3. The summed E-state index contributed by atoms with van der Waals surface area (Å²) < 4.78 is 10.3. The van der Waals surface area contributed by atoms with Crippen LogP contribution in [0.5, 0.6) is 5.75 Å². The van der Waals surface area contributed by atoms with E-state index in [0.29, 0.717) is 11.4 Å². The molecule has 0 spiro atoms. The number of alkyl carbamates (subject to hydrolysis) is 1. The van der Waals surface area contributed by atoms with E-state index in [-0.39, 0.29) is 6.42 Å². The molecule has 1 aromatic rings. The van der Waals surface area contributed by atoms with E-state index in [1.54, 1.807) is 32.9 Å². The first-order valence-electron chi connectivity index (χ1n) is 7.75. The Labute approximate surface area is 147 Å². The van der Waals surface area contributed by atoms with Gasteiger partial charge in [0, 0.05) is 0 Å². The van der Waals surface area contributed by atoms with Gasteiger partial charge in [0.2, 0.25) is 11.8 Å². The monoisotopic (exact) mass is 351 g/mol. The SMILES string of the molecule is COc1ccc(C)cc1NC(=O)C(CC(N)=O)NC(=O)OC(C)(C)C. The van der Waals surface area contributed by atoms with Crippen molar-refractivity contribution >= 4 is 23.6 Å². The number of hydrogen-bond donors (Lipinski definition) is 3. The van der Waals surface area contributed by atoms with Crippen LogP contribution in [0.3, 0.4) is 0 Å². The Morgan fingerprint density at radius 3 is 2.40 bits per heavy atom. The summed E-state index contributed by atoms with van der Waals surface area (Å²) in [7, 11) is 1.47. The van der Waals surface area contributed by atoms with Crippen LogP contribution >= 0.6 is 0 Å². The Balaban J connectivity index is 2.92. The van der Waals surface area contributed by atoms with Gasteiger partial charge in [0.1, 0.15) is 17.4 Å². The summed E-state index contributed by atoms with van der Waals surface area (Å²) in [4.78, 5) is 35.6. The summed E-state index contributed by atoms with van der Waals surface area (Å²) in [6, 6.07) is 4.08. The van der Waals surface area contributed by atoms with Crippen molar-refractivity contribution in [2.75, 3.05) is 12.4 Å². The van der Waals surface area contributed by atoms with Crippen LogP contribution in [0.15, 0.2) is 18.2 Å². The second-order valence-corrected chi connectivity index (χ2v) is 6.56. The number of benzene rings is 1. The molecule has 0 aliphatic rings. The average molecular weight is 351 g/mol. The van der Waals surface area contributed by atoms with E-state index >= 15 is 0 Å². The largest absolute Gasteiger partial charge is 0.495 e. The Bertz CT molecular complexity index is 652. The lowest BCUT2D eigenvalue weighted by molar-refractivity contribution is -0.124. The number of carbonyl (C=O) groups is 3. The molecule has 0 fully saturated rings. The summed E-state index contributed by atoms with van der Waals surface area (Å²) in [5.74, 6) is -0.880. The van der Waals surface area contributed by atoms with Gasteiger partial charge in [-0.05, 0) is 45.4 Å². The Hall–Kier alpha value is -2.77. The highest BCUT2D eigenvalue weighted by atomic mass is 16.6. The molecule has 0 aliphatic carbocycles. The van der Waals surface area contributed by atoms with Crippen LogP contribution < -0.4 is 21.1 Å². The van der Waals surface area contributed by atoms with Crippen molar-refractivity contribution in [1.82, 2.24) is 5.32 Å². The third-order valence-corrected chi connectivity index (χ3v) is 3.03. The molecular formula is C17H25N3O5. The summed E-state index contributed by atoms with van der Waals surface area (Å²) in [6.45, 7) is 6.92. The normalized spacial score (nSPS) is 12.0. The molecule has 138 valence electrons. The topological polar surface area (TPSA) is 120 Å². The molecule has 1 unspecified atom stereocenters. The number of hydrogen-bond acceptors (Lipinski definition) is 5. The predicted octanol–water partition coefficient (Wildman–Crippen LogP) is 1.71. The molecule has 1 aromatic carbocycles. The number of primary amides is 1. The standard InChI is InChI=1S/C17H25N3O5/c1-10-6-7-13(24-5)11(8-10)19-15(22)12(9-14(18)21)20-16(23)25-17(2,3)4/h6-8,12H,9H2,1-5H3,(H2,18,21)(H,19,22)(H,20,23). The molecule has 1 atom stereocenters. The van der Waals surface area contributed by atoms with E-state index in [9.17, 15) is 14.4 Å². The maximum atomic E-state index is 12.5. The van der Waals surface area contributed by atoms with Crippen LogP contribution in [0, 0.1) is 6.92 Å². The maximum absolute atomic E-state index is 12.5. The molecule has 8 nitrogen and oxygen atoms in total. The smallest absolute Gasteiger partial charge is 0.408 e. The van der Waals surface area contributed by atoms with Gasteiger partial charge in [0.05, 0.1) is 19.2 Å². The van der Waals surface area contributed by atoms with E-state index in [0.717, 1.165) is 5.56 Å². The van der Waals surface area contributed by atoms with Gasteiger partial charge in [0.25, 0.3) is 0 Å². The predicted molar refractivity (Wildman–Crippen MR) is 93.3 cm³/mol. The van der Waals surface area contributed by atoms with E-state index in [1.807, 2.05) is 13.0 Å². The number of aryl methyl sites for hydroxylation is 1. The zero-order valence-electron chi connectivity index (χ0n) is 15.1. The van der Waals surface area contributed by atoms with Crippen molar-refractivity contribution in [3.8, 4) is 5.75 Å². The Kier molecular flexibility index (Phi) is 6.78. The number of anilines is 1. The van der Waals surface area contributed by atoms with Crippen LogP contribution in [0.4, 0.5) is 10.5 Å². The molecule has 8 heteroatoms. The fourth-order valence-electron chi connectivity index (χ4n) is 2.00. The average Bonchev–Trinajstić information content (AvgIpc) is 2.44. The summed E-state index contributed by atoms with van der Waals surface area (Å²) in [5, 5.41) is 5.00. The minimum absolute atomic E-state index is 0.362. The van der Waals surface area contributed by atoms with Gasteiger partial charge in [-0.25, -0.2) is 4.79 Å². The number of nitrogens with one attached hydrogen (secondary N) is 2. The van der Waals surface area contributed by atoms with Gasteiger partial charge in [-0.15, -0.1) is 0 Å². The molecule has 0 heterocycles. The highest BCUT2D eigenvalue weighted by molar-refractivity contribution is 6.00. The maximum Gasteiger partial charge on any atom is 0.408 e. The van der Waals surface area contributed by atoms with Crippen molar-refractivity contribution in [1.29, 1.82) is 0 Å². The van der Waals surface area contributed by atoms with Crippen LogP contribution in [-0.4, -0.2) is 36.7 Å². The lowest BCUT2D eigenvalue weighted by Gasteiger charge is -2.23. The molecular weight excluding hydrogens is 326 g/mol. The van der Waals surface area contributed by atoms with Gasteiger partial charge >= 0.3 is 6.09 Å². The van der Waals surface area contributed by atoms with Crippen molar-refractivity contribution in [2.45, 2.75) is 45.8 Å². The minimum Gasteiger partial charge on any atom is -0.495 e. The summed E-state index contributed by atoms with van der Waals surface area (Å²) in [6.07, 6.45) is -1.18. The van der Waals surface area contributed by atoms with Crippen LogP contribution in [-0.2, 0) is 14.3 Å². The third kappa shape index (κ3) is 7.11. The highest BCUT2D eigenvalue weighted by Gasteiger charge is 2.26. The van der Waals surface area contributed by atoms with Crippen molar-refractivity contribution in [3.63, 3.8) is 0 Å². The van der Waals surface area contributed by atoms with Gasteiger partial charge < -0.3 is 25.8 Å². The molecule has 0 radical (unpaired) electrons. The van der Waals surface area contributed by atoms with E-state index in [2.05, 4.69) is 10.6 Å². The molecule has 0 saturated heterocycles. The van der Waals surface area contributed by atoms with E-state index < -0.39 is 29.6 Å². The van der Waals surface area contributed by atoms with Gasteiger partial charge in [-0.2, -0.15) is 0 Å². The van der Waals surface area contributed by atoms with E-state index in [4.69, 9.17) is 15.2 Å². The van der Waals surface area contributed by atoms with Gasteiger partial charge in [-0.1, -0.05) is 6.07 Å². The fourth-order valence-corrected chi connectivity index (χ4v) is 2.00. The number of carbonyl (C=O) groups excluding carboxylic acids is 3. The molecule has 0 bridgehead atoms.